The van der Waals surface area contributed by atoms with Crippen LogP contribution in [0.1, 0.15) is 25.6 Å². The Kier molecular flexibility index (Phi) is 2.40. The predicted octanol–water partition coefficient (Wildman–Crippen LogP) is 2.39. The van der Waals surface area contributed by atoms with Gasteiger partial charge in [0.05, 0.1) is 5.52 Å². The first-order valence-electron chi connectivity index (χ1n) is 5.21. The molecule has 1 aromatic heterocycles. The molecule has 3 nitrogen and oxygen atoms in total. The summed E-state index contributed by atoms with van der Waals surface area (Å²) in [5.74, 6) is 0.298. The zero-order valence-electron chi connectivity index (χ0n) is 9.07. The highest BCUT2D eigenvalue weighted by atomic mass is 16.3. The van der Waals surface area contributed by atoms with Gasteiger partial charge in [-0.2, -0.15) is 0 Å². The predicted molar refractivity (Wildman–Crippen MR) is 61.9 cm³/mol. The fourth-order valence-electron chi connectivity index (χ4n) is 1.99. The third-order valence-corrected chi connectivity index (χ3v) is 2.70. The number of fused-ring (bicyclic) bond motifs is 1. The van der Waals surface area contributed by atoms with E-state index in [1.54, 1.807) is 12.1 Å². The Labute approximate surface area is 89.1 Å². The second-order valence-corrected chi connectivity index (χ2v) is 3.85. The second kappa shape index (κ2) is 3.59. The van der Waals surface area contributed by atoms with Crippen molar-refractivity contribution in [2.45, 2.75) is 26.4 Å². The average molecular weight is 204 g/mol. The van der Waals surface area contributed by atoms with Crippen LogP contribution in [0.4, 0.5) is 0 Å². The molecule has 0 aliphatic rings. The van der Waals surface area contributed by atoms with Crippen molar-refractivity contribution >= 4 is 10.9 Å². The first-order chi connectivity index (χ1) is 7.13. The summed E-state index contributed by atoms with van der Waals surface area (Å²) in [5, 5.41) is 10.6. The fraction of sp³-hybridized carbons (Fsp3) is 0.333. The van der Waals surface area contributed by atoms with E-state index in [1.165, 1.54) is 0 Å². The molecular weight excluding hydrogens is 188 g/mol. The number of aromatic nitrogens is 1. The number of benzene rings is 1. The van der Waals surface area contributed by atoms with E-state index in [2.05, 4.69) is 17.6 Å². The van der Waals surface area contributed by atoms with Crippen molar-refractivity contribution in [2.24, 2.45) is 5.73 Å². The number of nitrogens with zero attached hydrogens (tertiary/aromatic N) is 1. The lowest BCUT2D eigenvalue weighted by Gasteiger charge is -2.10. The lowest BCUT2D eigenvalue weighted by molar-refractivity contribution is 0.476. The van der Waals surface area contributed by atoms with Gasteiger partial charge in [0.2, 0.25) is 0 Å². The van der Waals surface area contributed by atoms with Crippen molar-refractivity contribution in [1.82, 2.24) is 4.57 Å². The van der Waals surface area contributed by atoms with Crippen LogP contribution in [0.25, 0.3) is 10.9 Å². The molecule has 0 aliphatic heterocycles. The normalized spacial score (nSPS) is 13.3. The Morgan fingerprint density at radius 1 is 1.40 bits per heavy atom. The Bertz CT molecular complexity index is 486. The quantitative estimate of drug-likeness (QED) is 0.789. The number of hydrogen-bond acceptors (Lipinski definition) is 2. The molecule has 0 saturated heterocycles. The van der Waals surface area contributed by atoms with Crippen molar-refractivity contribution in [1.29, 1.82) is 0 Å². The molecule has 0 saturated carbocycles. The molecule has 3 N–H and O–H groups in total. The topological polar surface area (TPSA) is 51.2 Å². The van der Waals surface area contributed by atoms with Crippen LogP contribution < -0.4 is 5.73 Å². The van der Waals surface area contributed by atoms with Crippen molar-refractivity contribution in [3.05, 3.63) is 30.0 Å². The minimum atomic E-state index is 0.0134. The second-order valence-electron chi connectivity index (χ2n) is 3.85. The van der Waals surface area contributed by atoms with Crippen LogP contribution in [-0.2, 0) is 6.54 Å². The Hall–Kier alpha value is -1.48. The molecule has 0 aliphatic carbocycles. The maximum atomic E-state index is 9.45. The third kappa shape index (κ3) is 1.59. The van der Waals surface area contributed by atoms with Crippen molar-refractivity contribution < 1.29 is 5.11 Å². The van der Waals surface area contributed by atoms with E-state index in [4.69, 9.17) is 5.73 Å². The molecule has 15 heavy (non-hydrogen) atoms. The van der Waals surface area contributed by atoms with Crippen LogP contribution in [0.3, 0.4) is 0 Å². The third-order valence-electron chi connectivity index (χ3n) is 2.70. The van der Waals surface area contributed by atoms with Gasteiger partial charge in [-0.1, -0.05) is 0 Å². The zero-order chi connectivity index (χ0) is 11.0. The monoisotopic (exact) mass is 204 g/mol. The fourth-order valence-corrected chi connectivity index (χ4v) is 1.99. The van der Waals surface area contributed by atoms with E-state index < -0.39 is 0 Å². The molecule has 0 bridgehead atoms. The van der Waals surface area contributed by atoms with Gasteiger partial charge in [-0.15, -0.1) is 0 Å². The highest BCUT2D eigenvalue weighted by molar-refractivity contribution is 5.82. The van der Waals surface area contributed by atoms with Crippen LogP contribution in [0, 0.1) is 0 Å². The summed E-state index contributed by atoms with van der Waals surface area (Å²) >= 11 is 0. The number of hydrogen-bond donors (Lipinski definition) is 2. The van der Waals surface area contributed by atoms with E-state index in [0.29, 0.717) is 5.75 Å². The van der Waals surface area contributed by atoms with Crippen LogP contribution in [0.2, 0.25) is 0 Å². The highest BCUT2D eigenvalue weighted by Crippen LogP contribution is 2.26. The highest BCUT2D eigenvalue weighted by Gasteiger charge is 2.10. The maximum Gasteiger partial charge on any atom is 0.117 e. The lowest BCUT2D eigenvalue weighted by Crippen LogP contribution is -2.11. The van der Waals surface area contributed by atoms with Gasteiger partial charge in [0.25, 0.3) is 0 Å². The van der Waals surface area contributed by atoms with Crippen molar-refractivity contribution in [3.63, 3.8) is 0 Å². The molecule has 0 spiro atoms. The number of phenolic OH excluding ortho intramolecular Hbond substituents is 1. The van der Waals surface area contributed by atoms with Crippen LogP contribution in [-0.4, -0.2) is 9.67 Å². The van der Waals surface area contributed by atoms with Gasteiger partial charge in [0.15, 0.2) is 0 Å². The molecule has 3 heteroatoms. The minimum absolute atomic E-state index is 0.0134. The number of aromatic hydroxyl groups is 1. The van der Waals surface area contributed by atoms with E-state index in [-0.39, 0.29) is 6.04 Å². The Morgan fingerprint density at radius 2 is 2.13 bits per heavy atom. The molecule has 2 aromatic rings. The summed E-state index contributed by atoms with van der Waals surface area (Å²) in [6, 6.07) is 7.50. The Morgan fingerprint density at radius 3 is 2.73 bits per heavy atom. The van der Waals surface area contributed by atoms with E-state index >= 15 is 0 Å². The summed E-state index contributed by atoms with van der Waals surface area (Å²) < 4.78 is 2.14. The molecule has 1 unspecified atom stereocenters. The Balaban J connectivity index is 2.74. The molecule has 1 aromatic carbocycles. The van der Waals surface area contributed by atoms with Gasteiger partial charge >= 0.3 is 0 Å². The molecule has 1 heterocycles. The van der Waals surface area contributed by atoms with Crippen molar-refractivity contribution in [2.75, 3.05) is 0 Å². The van der Waals surface area contributed by atoms with Gasteiger partial charge in [-0.05, 0) is 32.0 Å². The molecule has 0 fully saturated rings. The molecular formula is C12H16N2O. The van der Waals surface area contributed by atoms with Gasteiger partial charge in [0, 0.05) is 29.7 Å². The summed E-state index contributed by atoms with van der Waals surface area (Å²) in [6.45, 7) is 4.92. The summed E-state index contributed by atoms with van der Waals surface area (Å²) in [6.07, 6.45) is 0. The maximum absolute atomic E-state index is 9.45. The van der Waals surface area contributed by atoms with Crippen LogP contribution in [0.15, 0.2) is 24.3 Å². The summed E-state index contributed by atoms with van der Waals surface area (Å²) in [7, 11) is 0. The first-order valence-corrected chi connectivity index (χ1v) is 5.21. The summed E-state index contributed by atoms with van der Waals surface area (Å²) in [4.78, 5) is 0. The van der Waals surface area contributed by atoms with E-state index in [9.17, 15) is 5.11 Å². The zero-order valence-corrected chi connectivity index (χ0v) is 9.07. The lowest BCUT2D eigenvalue weighted by atomic mass is 10.2. The molecule has 0 amide bonds. The number of phenols is 1. The van der Waals surface area contributed by atoms with Gasteiger partial charge in [-0.25, -0.2) is 0 Å². The molecule has 1 atom stereocenters. The largest absolute Gasteiger partial charge is 0.508 e. The van der Waals surface area contributed by atoms with Crippen molar-refractivity contribution in [3.8, 4) is 5.75 Å². The van der Waals surface area contributed by atoms with Crippen LogP contribution in [0.5, 0.6) is 5.75 Å². The van der Waals surface area contributed by atoms with Gasteiger partial charge in [-0.3, -0.25) is 0 Å². The van der Waals surface area contributed by atoms with Gasteiger partial charge in [0.1, 0.15) is 5.75 Å². The molecule has 80 valence electrons. The standard InChI is InChI=1S/C12H16N2O/c1-3-14-11(8(2)13)6-9-4-5-10(15)7-12(9)14/h4-8,15H,3,13H2,1-2H3. The first kappa shape index (κ1) is 10.1. The number of nitrogens with two attached hydrogens (primary N) is 1. The molecule has 0 radical (unpaired) electrons. The number of rotatable bonds is 2. The summed E-state index contributed by atoms with van der Waals surface area (Å²) in [5.41, 5.74) is 8.06. The van der Waals surface area contributed by atoms with Gasteiger partial charge < -0.3 is 15.4 Å². The molecule has 2 rings (SSSR count). The minimum Gasteiger partial charge on any atom is -0.508 e. The van der Waals surface area contributed by atoms with E-state index in [0.717, 1.165) is 23.1 Å². The van der Waals surface area contributed by atoms with Crippen LogP contribution >= 0.6 is 0 Å². The average Bonchev–Trinajstić information content (AvgIpc) is 2.55. The SMILES string of the molecule is CCn1c(C(C)N)cc2ccc(O)cc21. The van der Waals surface area contributed by atoms with E-state index in [1.807, 2.05) is 13.0 Å². The smallest absolute Gasteiger partial charge is 0.117 e. The number of aryl methyl sites for hydroxylation is 1.